The van der Waals surface area contributed by atoms with Crippen LogP contribution in [-0.4, -0.2) is 54.5 Å². The second-order valence-corrected chi connectivity index (χ2v) is 8.92. The largest absolute Gasteiger partial charge is 0.490 e. The number of aromatic nitrogens is 4. The van der Waals surface area contributed by atoms with Gasteiger partial charge in [-0.25, -0.2) is 23.8 Å². The van der Waals surface area contributed by atoms with Crippen LogP contribution in [0, 0.1) is 12.7 Å². The van der Waals surface area contributed by atoms with E-state index < -0.39 is 23.9 Å². The second kappa shape index (κ2) is 12.5. The molecule has 3 aromatic heterocycles. The predicted molar refractivity (Wildman–Crippen MR) is 131 cm³/mol. The fourth-order valence-corrected chi connectivity index (χ4v) is 3.94. The summed E-state index contributed by atoms with van der Waals surface area (Å²) in [6.45, 7) is 1.71. The number of carbonyl (C=O) groups excluding carboxylic acids is 1. The van der Waals surface area contributed by atoms with Gasteiger partial charge < -0.3 is 10.4 Å². The molecule has 0 saturated heterocycles. The van der Waals surface area contributed by atoms with E-state index in [2.05, 4.69) is 46.5 Å². The third-order valence-corrected chi connectivity index (χ3v) is 6.16. The summed E-state index contributed by atoms with van der Waals surface area (Å²) in [6.07, 6.45) is -1.78. The maximum atomic E-state index is 13.5. The number of amidine groups is 1. The van der Waals surface area contributed by atoms with Crippen molar-refractivity contribution < 1.29 is 42.1 Å². The Morgan fingerprint density at radius 3 is 2.51 bits per heavy atom. The molecule has 0 unspecified atom stereocenters. The van der Waals surface area contributed by atoms with E-state index in [1.54, 1.807) is 25.4 Å². The van der Waals surface area contributed by atoms with Crippen molar-refractivity contribution in [2.45, 2.75) is 13.1 Å². The van der Waals surface area contributed by atoms with E-state index in [1.807, 2.05) is 11.5 Å². The zero-order valence-corrected chi connectivity index (χ0v) is 21.6. The zero-order valence-electron chi connectivity index (χ0n) is 19.2. The first kappa shape index (κ1) is 29.3. The number of amides is 1. The molecular weight excluding hydrogens is 618 g/mol. The average Bonchev–Trinajstić information content (AvgIpc) is 3.51. The van der Waals surface area contributed by atoms with E-state index in [0.29, 0.717) is 21.3 Å². The van der Waals surface area contributed by atoms with Gasteiger partial charge in [-0.3, -0.25) is 20.5 Å². The van der Waals surface area contributed by atoms with Crippen LogP contribution in [0.2, 0.25) is 0 Å². The Hall–Kier alpha value is -4.29. The van der Waals surface area contributed by atoms with E-state index in [1.165, 1.54) is 29.5 Å². The fraction of sp³-hybridized carbons (Fsp3) is 0.0952. The highest BCUT2D eigenvalue weighted by atomic mass is 79.9. The van der Waals surface area contributed by atoms with Gasteiger partial charge in [0, 0.05) is 18.0 Å². The normalized spacial score (nSPS) is 11.4. The van der Waals surface area contributed by atoms with Crippen LogP contribution in [0.1, 0.15) is 21.1 Å². The molecule has 0 spiro atoms. The Labute approximate surface area is 227 Å². The highest BCUT2D eigenvalue weighted by molar-refractivity contribution is 9.10. The minimum atomic E-state index is -5.08. The minimum Gasteiger partial charge on any atom is -0.475 e. The average molecular weight is 632 g/mol. The number of hydrogen-bond acceptors (Lipinski definition) is 10. The maximum Gasteiger partial charge on any atom is 0.490 e. The number of rotatable bonds is 5. The van der Waals surface area contributed by atoms with Crippen LogP contribution in [0.15, 0.2) is 56.8 Å². The van der Waals surface area contributed by atoms with E-state index in [-0.39, 0.29) is 21.8 Å². The van der Waals surface area contributed by atoms with Crippen LogP contribution in [-0.2, 0) is 4.79 Å². The molecule has 4 N–H and O–H groups in total. The zero-order chi connectivity index (χ0) is 28.7. The Morgan fingerprint density at radius 1 is 1.21 bits per heavy atom. The van der Waals surface area contributed by atoms with E-state index in [0.717, 1.165) is 5.56 Å². The van der Waals surface area contributed by atoms with Crippen LogP contribution in [0.3, 0.4) is 0 Å². The number of thiazole rings is 1. The lowest BCUT2D eigenvalue weighted by Crippen LogP contribution is -2.23. The number of pyridine rings is 1. The van der Waals surface area contributed by atoms with Crippen LogP contribution in [0.25, 0.3) is 10.6 Å². The summed E-state index contributed by atoms with van der Waals surface area (Å²) in [5, 5.41) is 27.2. The number of hydrogen-bond donors (Lipinski definition) is 4. The number of alkyl halides is 3. The topological polar surface area (TPSA) is 176 Å². The van der Waals surface area contributed by atoms with Gasteiger partial charge in [0.05, 0.1) is 15.9 Å². The third-order valence-electron chi connectivity index (χ3n) is 4.35. The van der Waals surface area contributed by atoms with Crippen molar-refractivity contribution in [1.29, 1.82) is 0 Å². The molecule has 4 rings (SSSR count). The van der Waals surface area contributed by atoms with Crippen LogP contribution >= 0.6 is 27.3 Å². The SMILES string of the molecule is Cc1nc(-c2cccnc2)sc1C(=O)Nc1nonc1C(=Nc1ccc(F)c(Br)c1)NO.O=C(O)C(F)(F)F. The van der Waals surface area contributed by atoms with Gasteiger partial charge in [-0.15, -0.1) is 11.3 Å². The van der Waals surface area contributed by atoms with Crippen molar-refractivity contribution in [1.82, 2.24) is 25.8 Å². The van der Waals surface area contributed by atoms with Gasteiger partial charge in [-0.05, 0) is 63.5 Å². The van der Waals surface area contributed by atoms with Gasteiger partial charge in [-0.1, -0.05) is 0 Å². The van der Waals surface area contributed by atoms with E-state index >= 15 is 0 Å². The summed E-state index contributed by atoms with van der Waals surface area (Å²) in [6, 6.07) is 7.62. The summed E-state index contributed by atoms with van der Waals surface area (Å²) in [5.41, 5.74) is 3.44. The number of hydroxylamine groups is 1. The number of carboxylic acids is 1. The number of carboxylic acid groups (broad SMARTS) is 1. The van der Waals surface area contributed by atoms with Gasteiger partial charge in [0.25, 0.3) is 5.91 Å². The van der Waals surface area contributed by atoms with Crippen molar-refractivity contribution in [2.75, 3.05) is 5.32 Å². The highest BCUT2D eigenvalue weighted by Gasteiger charge is 2.38. The molecule has 0 aliphatic rings. The van der Waals surface area contributed by atoms with Crippen molar-refractivity contribution >= 4 is 56.5 Å². The maximum absolute atomic E-state index is 13.5. The van der Waals surface area contributed by atoms with Crippen LogP contribution < -0.4 is 10.8 Å². The Kier molecular flexibility index (Phi) is 9.38. The first-order valence-corrected chi connectivity index (χ1v) is 11.8. The molecule has 12 nitrogen and oxygen atoms in total. The van der Waals surface area contributed by atoms with Gasteiger partial charge in [0.1, 0.15) is 15.7 Å². The molecule has 1 amide bonds. The van der Waals surface area contributed by atoms with Gasteiger partial charge in [-0.2, -0.15) is 13.2 Å². The fourth-order valence-electron chi connectivity index (χ4n) is 2.62. The van der Waals surface area contributed by atoms with Crippen molar-refractivity contribution in [2.24, 2.45) is 4.99 Å². The van der Waals surface area contributed by atoms with E-state index in [4.69, 9.17) is 14.5 Å². The number of anilines is 1. The summed E-state index contributed by atoms with van der Waals surface area (Å²) in [4.78, 5) is 34.7. The molecule has 18 heteroatoms. The molecule has 39 heavy (non-hydrogen) atoms. The molecule has 0 fully saturated rings. The van der Waals surface area contributed by atoms with Crippen molar-refractivity contribution in [3.05, 3.63) is 69.3 Å². The molecule has 1 aromatic carbocycles. The number of halogens is 5. The lowest BCUT2D eigenvalue weighted by molar-refractivity contribution is -0.192. The van der Waals surface area contributed by atoms with Gasteiger partial charge >= 0.3 is 12.1 Å². The molecule has 0 aliphatic carbocycles. The summed E-state index contributed by atoms with van der Waals surface area (Å²) in [5.74, 6) is -3.96. The van der Waals surface area contributed by atoms with Crippen LogP contribution in [0.5, 0.6) is 0 Å². The Morgan fingerprint density at radius 2 is 1.92 bits per heavy atom. The number of aliphatic imine (C=N–C) groups is 1. The van der Waals surface area contributed by atoms with Crippen molar-refractivity contribution in [3.63, 3.8) is 0 Å². The summed E-state index contributed by atoms with van der Waals surface area (Å²) in [7, 11) is 0. The second-order valence-electron chi connectivity index (χ2n) is 7.06. The van der Waals surface area contributed by atoms with Crippen molar-refractivity contribution in [3.8, 4) is 10.6 Å². The predicted octanol–water partition coefficient (Wildman–Crippen LogP) is 4.74. The number of nitrogens with zero attached hydrogens (tertiary/aromatic N) is 5. The van der Waals surface area contributed by atoms with Gasteiger partial charge in [0.15, 0.2) is 11.5 Å². The van der Waals surface area contributed by atoms with Gasteiger partial charge in [0.2, 0.25) is 5.82 Å². The number of aliphatic carboxylic acids is 1. The monoisotopic (exact) mass is 631 g/mol. The third kappa shape index (κ3) is 7.62. The lowest BCUT2D eigenvalue weighted by Gasteiger charge is -2.05. The first-order chi connectivity index (χ1) is 18.4. The van der Waals surface area contributed by atoms with Crippen LogP contribution in [0.4, 0.5) is 29.1 Å². The summed E-state index contributed by atoms with van der Waals surface area (Å²) >= 11 is 4.26. The number of carbonyl (C=O) groups is 2. The number of benzene rings is 1. The highest BCUT2D eigenvalue weighted by Crippen LogP contribution is 2.28. The van der Waals surface area contributed by atoms with E-state index in [9.17, 15) is 27.6 Å². The molecular formula is C21H14BrF4N7O5S. The molecule has 0 saturated carbocycles. The molecule has 4 aromatic rings. The molecule has 0 aliphatic heterocycles. The Bertz CT molecular complexity index is 1510. The Balaban J connectivity index is 0.000000532. The molecule has 0 bridgehead atoms. The molecule has 0 atom stereocenters. The molecule has 3 heterocycles. The lowest BCUT2D eigenvalue weighted by atomic mass is 10.3. The summed E-state index contributed by atoms with van der Waals surface area (Å²) < 4.78 is 50.1. The first-order valence-electron chi connectivity index (χ1n) is 10.2. The molecule has 204 valence electrons. The standard InChI is InChI=1S/C19H13BrFN7O3S.C2HF3O2/c1-9-15(32-19(23-9)10-3-2-6-22-8-10)18(29)25-17-14(27-31-28-17)16(26-30)24-11-4-5-13(21)12(20)7-11;3-2(4,5)1(6)7/h2-8,30H,1H3,(H,24,26)(H,25,28,29);(H,6,7). The quantitative estimate of drug-likeness (QED) is 0.104. The number of nitrogens with one attached hydrogen (secondary N) is 2. The number of aryl methyl sites for hydroxylation is 1. The molecule has 0 radical (unpaired) electrons. The smallest absolute Gasteiger partial charge is 0.475 e. The minimum absolute atomic E-state index is 0.0593.